The summed E-state index contributed by atoms with van der Waals surface area (Å²) < 4.78 is 0.652. The number of hydrogen-bond donors (Lipinski definition) is 1. The van der Waals surface area contributed by atoms with Crippen molar-refractivity contribution < 1.29 is 4.92 Å². The van der Waals surface area contributed by atoms with E-state index in [0.717, 1.165) is 12.1 Å². The quantitative estimate of drug-likeness (QED) is 0.518. The lowest BCUT2D eigenvalue weighted by atomic mass is 10.0. The number of nitro groups is 1. The highest BCUT2D eigenvalue weighted by Crippen LogP contribution is 2.26. The Hall–Kier alpha value is -0.850. The minimum atomic E-state index is -0.365. The number of rotatable bonds is 4. The van der Waals surface area contributed by atoms with Crippen LogP contribution in [0.25, 0.3) is 0 Å². The number of nitro benzene ring substituents is 1. The van der Waals surface area contributed by atoms with Crippen molar-refractivity contribution in [3.63, 3.8) is 0 Å². The summed E-state index contributed by atoms with van der Waals surface area (Å²) in [7, 11) is 0. The van der Waals surface area contributed by atoms with Crippen LogP contribution in [-0.4, -0.2) is 10.5 Å². The Morgan fingerprint density at radius 1 is 1.50 bits per heavy atom. The van der Waals surface area contributed by atoms with Gasteiger partial charge in [0.25, 0.3) is 5.69 Å². The molecule has 0 bridgehead atoms. The molecule has 88 valence electrons. The van der Waals surface area contributed by atoms with Crippen LogP contribution in [0.4, 0.5) is 11.4 Å². The van der Waals surface area contributed by atoms with E-state index < -0.39 is 0 Å². The first-order valence-corrected chi connectivity index (χ1v) is 6.16. The molecule has 0 unspecified atom stereocenters. The number of benzene rings is 1. The summed E-state index contributed by atoms with van der Waals surface area (Å²) in [5, 5.41) is 14.0. The van der Waals surface area contributed by atoms with Gasteiger partial charge in [-0.25, -0.2) is 0 Å². The molecule has 0 radical (unpaired) electrons. The maximum atomic E-state index is 10.7. The van der Waals surface area contributed by atoms with E-state index >= 15 is 0 Å². The number of nitrogens with one attached hydrogen (secondary N) is 1. The molecule has 1 N–H and O–H groups in total. The SMILES string of the molecule is CCC(C)(C)Nc1ccc([N+](=O)[O-])c(I)c1. The molecule has 0 atom stereocenters. The molecule has 5 heteroatoms. The zero-order valence-electron chi connectivity index (χ0n) is 9.58. The van der Waals surface area contributed by atoms with E-state index in [1.807, 2.05) is 22.6 Å². The maximum absolute atomic E-state index is 10.7. The number of nitrogens with zero attached hydrogens (tertiary/aromatic N) is 1. The minimum Gasteiger partial charge on any atom is -0.380 e. The first-order chi connectivity index (χ1) is 7.35. The van der Waals surface area contributed by atoms with Gasteiger partial charge in [0.15, 0.2) is 0 Å². The molecular weight excluding hydrogens is 319 g/mol. The molecule has 0 aliphatic rings. The molecule has 0 spiro atoms. The third kappa shape index (κ3) is 3.33. The average molecular weight is 334 g/mol. The highest BCUT2D eigenvalue weighted by atomic mass is 127. The van der Waals surface area contributed by atoms with Crippen molar-refractivity contribution in [2.75, 3.05) is 5.32 Å². The topological polar surface area (TPSA) is 55.2 Å². The average Bonchev–Trinajstić information content (AvgIpc) is 2.16. The lowest BCUT2D eigenvalue weighted by Crippen LogP contribution is -2.29. The van der Waals surface area contributed by atoms with Crippen LogP contribution in [0.2, 0.25) is 0 Å². The molecule has 0 aliphatic heterocycles. The molecule has 1 rings (SSSR count). The Labute approximate surface area is 109 Å². The normalized spacial score (nSPS) is 11.2. The van der Waals surface area contributed by atoms with E-state index in [0.29, 0.717) is 3.57 Å². The van der Waals surface area contributed by atoms with Crippen molar-refractivity contribution in [3.05, 3.63) is 31.9 Å². The van der Waals surface area contributed by atoms with E-state index in [9.17, 15) is 10.1 Å². The van der Waals surface area contributed by atoms with Crippen molar-refractivity contribution >= 4 is 34.0 Å². The molecule has 4 nitrogen and oxygen atoms in total. The van der Waals surface area contributed by atoms with Crippen LogP contribution in [0.5, 0.6) is 0 Å². The highest BCUT2D eigenvalue weighted by molar-refractivity contribution is 14.1. The van der Waals surface area contributed by atoms with Gasteiger partial charge in [-0.05, 0) is 55.0 Å². The summed E-state index contributed by atoms with van der Waals surface area (Å²) in [4.78, 5) is 10.3. The van der Waals surface area contributed by atoms with Gasteiger partial charge < -0.3 is 5.32 Å². The Bertz CT molecular complexity index is 405. The minimum absolute atomic E-state index is 0.000781. The van der Waals surface area contributed by atoms with Crippen LogP contribution in [0, 0.1) is 13.7 Å². The third-order valence-corrected chi connectivity index (χ3v) is 3.38. The van der Waals surface area contributed by atoms with Gasteiger partial charge in [-0.15, -0.1) is 0 Å². The molecule has 1 aromatic carbocycles. The molecule has 0 fully saturated rings. The van der Waals surface area contributed by atoms with E-state index in [1.165, 1.54) is 6.07 Å². The maximum Gasteiger partial charge on any atom is 0.282 e. The van der Waals surface area contributed by atoms with Gasteiger partial charge in [0.1, 0.15) is 0 Å². The standard InChI is InChI=1S/C11H15IN2O2/c1-4-11(2,3)13-8-5-6-10(14(15)16)9(12)7-8/h5-7,13H,4H2,1-3H3. The second-order valence-corrected chi connectivity index (χ2v) is 5.45. The lowest BCUT2D eigenvalue weighted by molar-refractivity contribution is -0.385. The predicted octanol–water partition coefficient (Wildman–Crippen LogP) is 3.80. The smallest absolute Gasteiger partial charge is 0.282 e. The molecule has 16 heavy (non-hydrogen) atoms. The Balaban J connectivity index is 2.94. The fourth-order valence-electron chi connectivity index (χ4n) is 1.21. The Kier molecular flexibility index (Phi) is 4.12. The monoisotopic (exact) mass is 334 g/mol. The van der Waals surface area contributed by atoms with Gasteiger partial charge >= 0.3 is 0 Å². The summed E-state index contributed by atoms with van der Waals surface area (Å²) in [6.45, 7) is 6.30. The Morgan fingerprint density at radius 3 is 2.56 bits per heavy atom. The van der Waals surface area contributed by atoms with Crippen LogP contribution < -0.4 is 5.32 Å². The predicted molar refractivity (Wildman–Crippen MR) is 73.8 cm³/mol. The van der Waals surface area contributed by atoms with Crippen molar-refractivity contribution in [2.45, 2.75) is 32.7 Å². The van der Waals surface area contributed by atoms with Crippen LogP contribution in [-0.2, 0) is 0 Å². The van der Waals surface area contributed by atoms with Gasteiger partial charge in [0.05, 0.1) is 8.49 Å². The van der Waals surface area contributed by atoms with Crippen LogP contribution >= 0.6 is 22.6 Å². The Morgan fingerprint density at radius 2 is 2.12 bits per heavy atom. The van der Waals surface area contributed by atoms with Crippen molar-refractivity contribution in [1.82, 2.24) is 0 Å². The van der Waals surface area contributed by atoms with Crippen LogP contribution in [0.15, 0.2) is 18.2 Å². The molecule has 0 heterocycles. The molecule has 0 saturated carbocycles. The zero-order valence-corrected chi connectivity index (χ0v) is 11.7. The third-order valence-electron chi connectivity index (χ3n) is 2.51. The summed E-state index contributed by atoms with van der Waals surface area (Å²) in [5.74, 6) is 0. The van der Waals surface area contributed by atoms with Gasteiger partial charge in [0, 0.05) is 17.3 Å². The van der Waals surface area contributed by atoms with Gasteiger partial charge in [0.2, 0.25) is 0 Å². The van der Waals surface area contributed by atoms with E-state index in [1.54, 1.807) is 12.1 Å². The van der Waals surface area contributed by atoms with Crippen molar-refractivity contribution in [1.29, 1.82) is 0 Å². The van der Waals surface area contributed by atoms with Crippen molar-refractivity contribution in [3.8, 4) is 0 Å². The van der Waals surface area contributed by atoms with Gasteiger partial charge in [-0.2, -0.15) is 0 Å². The summed E-state index contributed by atoms with van der Waals surface area (Å²) in [6.07, 6.45) is 0.987. The molecular formula is C11H15IN2O2. The highest BCUT2D eigenvalue weighted by Gasteiger charge is 2.16. The fraction of sp³-hybridized carbons (Fsp3) is 0.455. The van der Waals surface area contributed by atoms with Crippen molar-refractivity contribution in [2.24, 2.45) is 0 Å². The molecule has 0 saturated heterocycles. The van der Waals surface area contributed by atoms with E-state index in [2.05, 4.69) is 26.1 Å². The van der Waals surface area contributed by atoms with Crippen LogP contribution in [0.3, 0.4) is 0 Å². The molecule has 0 amide bonds. The summed E-state index contributed by atoms with van der Waals surface area (Å²) in [5.41, 5.74) is 1.07. The zero-order chi connectivity index (χ0) is 12.3. The molecule has 0 aliphatic carbocycles. The first kappa shape index (κ1) is 13.2. The van der Waals surface area contributed by atoms with E-state index in [-0.39, 0.29) is 16.1 Å². The number of halogens is 1. The second-order valence-electron chi connectivity index (χ2n) is 4.29. The largest absolute Gasteiger partial charge is 0.380 e. The van der Waals surface area contributed by atoms with Crippen LogP contribution in [0.1, 0.15) is 27.2 Å². The second kappa shape index (κ2) is 4.99. The number of hydrogen-bond acceptors (Lipinski definition) is 3. The van der Waals surface area contributed by atoms with Gasteiger partial charge in [-0.3, -0.25) is 10.1 Å². The first-order valence-electron chi connectivity index (χ1n) is 5.08. The fourth-order valence-corrected chi connectivity index (χ4v) is 1.92. The molecule has 1 aromatic rings. The van der Waals surface area contributed by atoms with Gasteiger partial charge in [-0.1, -0.05) is 6.92 Å². The summed E-state index contributed by atoms with van der Waals surface area (Å²) >= 11 is 1.98. The lowest BCUT2D eigenvalue weighted by Gasteiger charge is -2.25. The summed E-state index contributed by atoms with van der Waals surface area (Å²) in [6, 6.07) is 5.09. The molecule has 0 aromatic heterocycles. The number of anilines is 1. The van der Waals surface area contributed by atoms with E-state index in [4.69, 9.17) is 0 Å².